The van der Waals surface area contributed by atoms with E-state index in [-0.39, 0.29) is 5.69 Å². The van der Waals surface area contributed by atoms with Crippen LogP contribution in [0, 0.1) is 6.92 Å². The zero-order valence-electron chi connectivity index (χ0n) is 15.3. The Labute approximate surface area is 158 Å². The predicted octanol–water partition coefficient (Wildman–Crippen LogP) is 1.81. The van der Waals surface area contributed by atoms with Crippen molar-refractivity contribution in [2.75, 3.05) is 32.9 Å². The van der Waals surface area contributed by atoms with Crippen molar-refractivity contribution >= 4 is 23.6 Å². The third kappa shape index (κ3) is 5.00. The van der Waals surface area contributed by atoms with Crippen LogP contribution in [0.25, 0.3) is 0 Å². The molecule has 0 amide bonds. The van der Waals surface area contributed by atoms with Crippen LogP contribution in [-0.2, 0) is 6.54 Å². The summed E-state index contributed by atoms with van der Waals surface area (Å²) in [5.41, 5.74) is 8.11. The summed E-state index contributed by atoms with van der Waals surface area (Å²) in [6, 6.07) is 5.61. The Kier molecular flexibility index (Phi) is 6.65. The summed E-state index contributed by atoms with van der Waals surface area (Å²) in [5.74, 6) is 0.806. The zero-order valence-corrected chi connectivity index (χ0v) is 16.1. The Hall–Kier alpha value is -2.51. The van der Waals surface area contributed by atoms with E-state index in [0.717, 1.165) is 24.2 Å². The van der Waals surface area contributed by atoms with E-state index < -0.39 is 0 Å². The lowest BCUT2D eigenvalue weighted by atomic mass is 10.1. The number of nitrogens with two attached hydrogens (primary N) is 1. The van der Waals surface area contributed by atoms with Gasteiger partial charge >= 0.3 is 5.69 Å². The quantitative estimate of drug-likeness (QED) is 0.613. The first-order chi connectivity index (χ1) is 12.3. The fourth-order valence-corrected chi connectivity index (χ4v) is 2.68. The van der Waals surface area contributed by atoms with E-state index in [1.165, 1.54) is 10.8 Å². The number of aliphatic imine (C=N–C) groups is 1. The highest BCUT2D eigenvalue weighted by atomic mass is 35.5. The number of aryl methyl sites for hydroxylation is 1. The number of nitrogens with one attached hydrogen (secondary N) is 2. The van der Waals surface area contributed by atoms with Crippen LogP contribution < -0.4 is 16.7 Å². The van der Waals surface area contributed by atoms with Gasteiger partial charge in [-0.3, -0.25) is 4.57 Å². The molecule has 1 aromatic carbocycles. The standard InChI is InChI=1S/C18H25ClN6O/c1-12-6-5-7-15(19)14(12)11-25-17(20)16(23-18(25)26)10-22-13(2)21-8-9-24(3)4/h5-7,10,21H,2,8-9,11,20H2,1,3-4H3,(H,23,26). The molecule has 1 aromatic heterocycles. The van der Waals surface area contributed by atoms with E-state index in [0.29, 0.717) is 28.9 Å². The highest BCUT2D eigenvalue weighted by Crippen LogP contribution is 2.21. The normalized spacial score (nSPS) is 11.4. The van der Waals surface area contributed by atoms with Crippen molar-refractivity contribution in [1.82, 2.24) is 19.8 Å². The van der Waals surface area contributed by atoms with Crippen LogP contribution in [0.2, 0.25) is 5.02 Å². The van der Waals surface area contributed by atoms with Crippen LogP contribution in [0.15, 0.2) is 40.4 Å². The van der Waals surface area contributed by atoms with Crippen LogP contribution in [-0.4, -0.2) is 47.9 Å². The van der Waals surface area contributed by atoms with Crippen LogP contribution in [0.3, 0.4) is 0 Å². The first kappa shape index (κ1) is 19.8. The maximum absolute atomic E-state index is 12.3. The van der Waals surface area contributed by atoms with Gasteiger partial charge in [0, 0.05) is 18.1 Å². The smallest absolute Gasteiger partial charge is 0.327 e. The van der Waals surface area contributed by atoms with Gasteiger partial charge in [-0.05, 0) is 38.2 Å². The molecular weight excluding hydrogens is 352 g/mol. The number of aromatic nitrogens is 2. The second-order valence-corrected chi connectivity index (χ2v) is 6.69. The highest BCUT2D eigenvalue weighted by Gasteiger charge is 2.13. The fraction of sp³-hybridized carbons (Fsp3) is 0.333. The molecule has 0 saturated heterocycles. The number of aromatic amines is 1. The van der Waals surface area contributed by atoms with Gasteiger partial charge in [0.15, 0.2) is 0 Å². The van der Waals surface area contributed by atoms with Crippen LogP contribution in [0.5, 0.6) is 0 Å². The van der Waals surface area contributed by atoms with E-state index in [1.807, 2.05) is 33.2 Å². The minimum atomic E-state index is -0.311. The summed E-state index contributed by atoms with van der Waals surface area (Å²) in [4.78, 5) is 21.2. The van der Waals surface area contributed by atoms with Crippen molar-refractivity contribution in [3.05, 3.63) is 62.9 Å². The van der Waals surface area contributed by atoms with Crippen LogP contribution >= 0.6 is 11.6 Å². The molecule has 0 atom stereocenters. The van der Waals surface area contributed by atoms with E-state index in [1.54, 1.807) is 6.07 Å². The van der Waals surface area contributed by atoms with Crippen LogP contribution in [0.1, 0.15) is 16.8 Å². The number of H-pyrrole nitrogens is 1. The molecule has 0 aliphatic heterocycles. The number of nitrogen functional groups attached to an aromatic ring is 1. The average Bonchev–Trinajstić information content (AvgIpc) is 2.83. The Bertz CT molecular complexity index is 845. The number of halogens is 1. The molecule has 0 aliphatic carbocycles. The molecule has 1 heterocycles. The number of anilines is 1. The number of hydrogen-bond donors (Lipinski definition) is 3. The Balaban J connectivity index is 2.14. The maximum Gasteiger partial charge on any atom is 0.327 e. The summed E-state index contributed by atoms with van der Waals surface area (Å²) in [6.45, 7) is 7.66. The molecule has 0 spiro atoms. The molecular formula is C18H25ClN6O. The molecule has 140 valence electrons. The molecule has 8 heteroatoms. The second-order valence-electron chi connectivity index (χ2n) is 6.29. The molecule has 7 nitrogen and oxygen atoms in total. The van der Waals surface area contributed by atoms with Gasteiger partial charge in [-0.1, -0.05) is 30.3 Å². The Morgan fingerprint density at radius 3 is 2.88 bits per heavy atom. The third-order valence-electron chi connectivity index (χ3n) is 3.96. The summed E-state index contributed by atoms with van der Waals surface area (Å²) in [7, 11) is 3.98. The van der Waals surface area contributed by atoms with Crippen molar-refractivity contribution < 1.29 is 0 Å². The number of hydrogen-bond acceptors (Lipinski definition) is 5. The van der Waals surface area contributed by atoms with Gasteiger partial charge in [-0.15, -0.1) is 0 Å². The molecule has 0 radical (unpaired) electrons. The molecule has 4 N–H and O–H groups in total. The van der Waals surface area contributed by atoms with Gasteiger partial charge in [0.05, 0.1) is 12.8 Å². The topological polar surface area (TPSA) is 91.4 Å². The fourth-order valence-electron chi connectivity index (χ4n) is 2.39. The average molecular weight is 377 g/mol. The lowest BCUT2D eigenvalue weighted by Crippen LogP contribution is -2.25. The van der Waals surface area contributed by atoms with Gasteiger partial charge in [0.2, 0.25) is 0 Å². The van der Waals surface area contributed by atoms with Gasteiger partial charge in [-0.25, -0.2) is 9.79 Å². The molecule has 0 saturated carbocycles. The van der Waals surface area contributed by atoms with E-state index in [9.17, 15) is 4.79 Å². The van der Waals surface area contributed by atoms with Gasteiger partial charge in [0.1, 0.15) is 17.3 Å². The summed E-state index contributed by atoms with van der Waals surface area (Å²) >= 11 is 6.25. The number of nitrogens with zero attached hydrogens (tertiary/aromatic N) is 3. The SMILES string of the molecule is C=C(N=Cc1[nH]c(=O)n(Cc2c(C)cccc2Cl)c1N)NCCN(C)C. The lowest BCUT2D eigenvalue weighted by molar-refractivity contribution is 0.408. The highest BCUT2D eigenvalue weighted by molar-refractivity contribution is 6.31. The summed E-state index contributed by atoms with van der Waals surface area (Å²) in [5, 5.41) is 3.69. The minimum Gasteiger partial charge on any atom is -0.383 e. The maximum atomic E-state index is 12.3. The molecule has 0 unspecified atom stereocenters. The van der Waals surface area contributed by atoms with E-state index in [4.69, 9.17) is 17.3 Å². The summed E-state index contributed by atoms with van der Waals surface area (Å²) in [6.07, 6.45) is 1.50. The van der Waals surface area contributed by atoms with E-state index >= 15 is 0 Å². The van der Waals surface area contributed by atoms with Crippen molar-refractivity contribution in [1.29, 1.82) is 0 Å². The molecule has 2 rings (SSSR count). The van der Waals surface area contributed by atoms with Crippen molar-refractivity contribution in [3.8, 4) is 0 Å². The minimum absolute atomic E-state index is 0.294. The third-order valence-corrected chi connectivity index (χ3v) is 4.31. The monoisotopic (exact) mass is 376 g/mol. The zero-order chi connectivity index (χ0) is 19.3. The Morgan fingerprint density at radius 2 is 2.23 bits per heavy atom. The van der Waals surface area contributed by atoms with Crippen molar-refractivity contribution in [3.63, 3.8) is 0 Å². The van der Waals surface area contributed by atoms with E-state index in [2.05, 4.69) is 26.8 Å². The second kappa shape index (κ2) is 8.73. The van der Waals surface area contributed by atoms with Crippen molar-refractivity contribution in [2.24, 2.45) is 4.99 Å². The molecule has 2 aromatic rings. The molecule has 0 fully saturated rings. The lowest BCUT2D eigenvalue weighted by Gasteiger charge is -2.10. The number of benzene rings is 1. The molecule has 0 bridgehead atoms. The van der Waals surface area contributed by atoms with Gasteiger partial charge in [-0.2, -0.15) is 0 Å². The predicted molar refractivity (Wildman–Crippen MR) is 108 cm³/mol. The summed E-state index contributed by atoms with van der Waals surface area (Å²) < 4.78 is 1.44. The van der Waals surface area contributed by atoms with Crippen molar-refractivity contribution in [2.45, 2.75) is 13.5 Å². The molecule has 26 heavy (non-hydrogen) atoms. The Morgan fingerprint density at radius 1 is 1.50 bits per heavy atom. The van der Waals surface area contributed by atoms with Gasteiger partial charge in [0.25, 0.3) is 0 Å². The van der Waals surface area contributed by atoms with Gasteiger partial charge < -0.3 is 20.9 Å². The largest absolute Gasteiger partial charge is 0.383 e. The number of rotatable bonds is 8. The number of likely N-dealkylation sites (N-methyl/N-ethyl adjacent to an activating group) is 1. The molecule has 0 aliphatic rings. The number of imidazole rings is 1. The van der Waals surface area contributed by atoms with Crippen LogP contribution in [0.4, 0.5) is 5.82 Å². The first-order valence-electron chi connectivity index (χ1n) is 8.23. The first-order valence-corrected chi connectivity index (χ1v) is 8.61.